The highest BCUT2D eigenvalue weighted by atomic mass is 16.5. The van der Waals surface area contributed by atoms with Crippen molar-refractivity contribution in [1.82, 2.24) is 10.2 Å². The lowest BCUT2D eigenvalue weighted by molar-refractivity contribution is 0.220. The maximum absolute atomic E-state index is 9.04. The second-order valence-corrected chi connectivity index (χ2v) is 4.76. The highest BCUT2D eigenvalue weighted by molar-refractivity contribution is 5.33. The highest BCUT2D eigenvalue weighted by Crippen LogP contribution is 2.22. The molecule has 102 valence electrons. The van der Waals surface area contributed by atoms with E-state index in [-0.39, 0.29) is 6.04 Å². The Morgan fingerprint density at radius 2 is 2.32 bits per heavy atom. The van der Waals surface area contributed by atoms with Crippen LogP contribution in [0.25, 0.3) is 0 Å². The van der Waals surface area contributed by atoms with Crippen LogP contribution in [0.1, 0.15) is 18.9 Å². The molecule has 1 N–H and O–H groups in total. The van der Waals surface area contributed by atoms with Gasteiger partial charge in [0.1, 0.15) is 12.4 Å². The molecule has 2 rings (SSSR count). The highest BCUT2D eigenvalue weighted by Gasteiger charge is 2.16. The zero-order chi connectivity index (χ0) is 13.5. The summed E-state index contributed by atoms with van der Waals surface area (Å²) in [5.41, 5.74) is 1.23. The van der Waals surface area contributed by atoms with Gasteiger partial charge in [0.25, 0.3) is 0 Å². The third kappa shape index (κ3) is 3.95. The summed E-state index contributed by atoms with van der Waals surface area (Å²) in [5.74, 6) is 0.994. The van der Waals surface area contributed by atoms with Gasteiger partial charge in [-0.25, -0.2) is 0 Å². The fourth-order valence-electron chi connectivity index (χ4n) is 2.34. The molecule has 1 aliphatic heterocycles. The summed E-state index contributed by atoms with van der Waals surface area (Å²) in [7, 11) is 0. The van der Waals surface area contributed by atoms with Crippen molar-refractivity contribution in [2.45, 2.75) is 25.9 Å². The maximum Gasteiger partial charge on any atom is 0.123 e. The molecule has 0 saturated heterocycles. The number of fused-ring (bicyclic) bond motifs is 1. The monoisotopic (exact) mass is 259 g/mol. The van der Waals surface area contributed by atoms with Gasteiger partial charge < -0.3 is 10.1 Å². The molecule has 0 bridgehead atoms. The van der Waals surface area contributed by atoms with Crippen LogP contribution in [0.4, 0.5) is 0 Å². The number of para-hydroxylation sites is 1. The lowest BCUT2D eigenvalue weighted by atomic mass is 10.1. The number of hydrogen-bond donors (Lipinski definition) is 1. The van der Waals surface area contributed by atoms with Gasteiger partial charge in [-0.1, -0.05) is 25.1 Å². The second kappa shape index (κ2) is 7.13. The lowest BCUT2D eigenvalue weighted by Crippen LogP contribution is -2.34. The Hall–Kier alpha value is -1.57. The van der Waals surface area contributed by atoms with E-state index in [0.29, 0.717) is 0 Å². The predicted molar refractivity (Wildman–Crippen MR) is 74.9 cm³/mol. The van der Waals surface area contributed by atoms with Gasteiger partial charge in [0.05, 0.1) is 12.1 Å². The second-order valence-electron chi connectivity index (χ2n) is 4.76. The van der Waals surface area contributed by atoms with Crippen molar-refractivity contribution in [2.75, 3.05) is 26.2 Å². The maximum atomic E-state index is 9.04. The summed E-state index contributed by atoms with van der Waals surface area (Å²) in [6.45, 7) is 6.32. The molecule has 0 amide bonds. The molecule has 1 aromatic rings. The Bertz CT molecular complexity index is 441. The molecule has 1 atom stereocenters. The summed E-state index contributed by atoms with van der Waals surface area (Å²) >= 11 is 0. The van der Waals surface area contributed by atoms with Gasteiger partial charge in [0, 0.05) is 25.2 Å². The smallest absolute Gasteiger partial charge is 0.123 e. The van der Waals surface area contributed by atoms with Crippen LogP contribution in [0, 0.1) is 11.3 Å². The van der Waals surface area contributed by atoms with Gasteiger partial charge in [0.15, 0.2) is 0 Å². The Morgan fingerprint density at radius 1 is 1.47 bits per heavy atom. The van der Waals surface area contributed by atoms with E-state index in [4.69, 9.17) is 10.00 Å². The van der Waals surface area contributed by atoms with Gasteiger partial charge in [-0.3, -0.25) is 4.90 Å². The van der Waals surface area contributed by atoms with Gasteiger partial charge in [0.2, 0.25) is 0 Å². The van der Waals surface area contributed by atoms with E-state index in [2.05, 4.69) is 22.4 Å². The summed E-state index contributed by atoms with van der Waals surface area (Å²) in [5, 5.41) is 12.2. The lowest BCUT2D eigenvalue weighted by Gasteiger charge is -2.20. The summed E-state index contributed by atoms with van der Waals surface area (Å²) in [4.78, 5) is 2.35. The quantitative estimate of drug-likeness (QED) is 0.875. The number of benzene rings is 1. The number of ether oxygens (including phenoxy) is 1. The fourth-order valence-corrected chi connectivity index (χ4v) is 2.34. The van der Waals surface area contributed by atoms with Crippen LogP contribution in [-0.2, 0) is 6.54 Å². The van der Waals surface area contributed by atoms with E-state index in [1.54, 1.807) is 0 Å². The predicted octanol–water partition coefficient (Wildman–Crippen LogP) is 1.77. The van der Waals surface area contributed by atoms with E-state index in [1.807, 2.05) is 25.1 Å². The van der Waals surface area contributed by atoms with E-state index in [9.17, 15) is 0 Å². The van der Waals surface area contributed by atoms with E-state index in [0.717, 1.165) is 45.0 Å². The molecule has 1 unspecified atom stereocenters. The molecular weight excluding hydrogens is 238 g/mol. The van der Waals surface area contributed by atoms with Crippen molar-refractivity contribution in [1.29, 1.82) is 5.26 Å². The van der Waals surface area contributed by atoms with Crippen molar-refractivity contribution in [2.24, 2.45) is 0 Å². The molecule has 19 heavy (non-hydrogen) atoms. The minimum Gasteiger partial charge on any atom is -0.492 e. The molecule has 4 heteroatoms. The van der Waals surface area contributed by atoms with Crippen molar-refractivity contribution in [3.05, 3.63) is 29.8 Å². The third-order valence-electron chi connectivity index (χ3n) is 3.37. The normalized spacial score (nSPS) is 16.8. The Balaban J connectivity index is 1.90. The first-order valence-electron chi connectivity index (χ1n) is 6.89. The van der Waals surface area contributed by atoms with Crippen LogP contribution >= 0.6 is 0 Å². The van der Waals surface area contributed by atoms with E-state index in [1.165, 1.54) is 5.56 Å². The zero-order valence-corrected chi connectivity index (χ0v) is 11.4. The first-order chi connectivity index (χ1) is 9.33. The average Bonchev–Trinajstić information content (AvgIpc) is 2.65. The number of nitrogens with zero attached hydrogens (tertiary/aromatic N) is 2. The van der Waals surface area contributed by atoms with Crippen LogP contribution in [-0.4, -0.2) is 37.2 Å². The van der Waals surface area contributed by atoms with Crippen LogP contribution in [0.3, 0.4) is 0 Å². The molecule has 1 aromatic carbocycles. The number of rotatable bonds is 5. The Labute approximate surface area is 115 Å². The van der Waals surface area contributed by atoms with Crippen LogP contribution < -0.4 is 10.1 Å². The van der Waals surface area contributed by atoms with Crippen molar-refractivity contribution >= 4 is 0 Å². The van der Waals surface area contributed by atoms with Gasteiger partial charge >= 0.3 is 0 Å². The molecule has 1 heterocycles. The van der Waals surface area contributed by atoms with Crippen LogP contribution in [0.2, 0.25) is 0 Å². The summed E-state index contributed by atoms with van der Waals surface area (Å²) < 4.78 is 5.74. The molecule has 4 nitrogen and oxygen atoms in total. The standard InChI is InChI=1S/C15H21N3O/c1-2-17-14(11-16)7-8-18-9-10-19-15-6-4-3-5-13(15)12-18/h3-6,14,17H,2,7-10,12H2,1H3. The van der Waals surface area contributed by atoms with E-state index >= 15 is 0 Å². The minimum atomic E-state index is -0.0515. The molecule has 0 aliphatic carbocycles. The van der Waals surface area contributed by atoms with Crippen LogP contribution in [0.5, 0.6) is 5.75 Å². The Kier molecular flexibility index (Phi) is 5.20. The molecule has 0 aromatic heterocycles. The van der Waals surface area contributed by atoms with Crippen LogP contribution in [0.15, 0.2) is 24.3 Å². The largest absolute Gasteiger partial charge is 0.492 e. The molecule has 1 aliphatic rings. The van der Waals surface area contributed by atoms with Gasteiger partial charge in [-0.05, 0) is 19.0 Å². The molecule has 0 spiro atoms. The zero-order valence-electron chi connectivity index (χ0n) is 11.4. The third-order valence-corrected chi connectivity index (χ3v) is 3.37. The molecule has 0 radical (unpaired) electrons. The summed E-state index contributed by atoms with van der Waals surface area (Å²) in [6.07, 6.45) is 0.854. The van der Waals surface area contributed by atoms with Crippen molar-refractivity contribution in [3.8, 4) is 11.8 Å². The van der Waals surface area contributed by atoms with Crippen molar-refractivity contribution in [3.63, 3.8) is 0 Å². The topological polar surface area (TPSA) is 48.3 Å². The van der Waals surface area contributed by atoms with Gasteiger partial charge in [-0.15, -0.1) is 0 Å². The van der Waals surface area contributed by atoms with Gasteiger partial charge in [-0.2, -0.15) is 5.26 Å². The SMILES string of the molecule is CCNC(C#N)CCN1CCOc2ccccc2C1. The van der Waals surface area contributed by atoms with Crippen molar-refractivity contribution < 1.29 is 4.74 Å². The van der Waals surface area contributed by atoms with E-state index < -0.39 is 0 Å². The minimum absolute atomic E-state index is 0.0515. The first kappa shape index (κ1) is 13.9. The number of hydrogen-bond acceptors (Lipinski definition) is 4. The number of nitriles is 1. The molecular formula is C15H21N3O. The first-order valence-corrected chi connectivity index (χ1v) is 6.89. The average molecular weight is 259 g/mol. The molecule has 0 saturated carbocycles. The number of nitrogens with one attached hydrogen (secondary N) is 1. The fraction of sp³-hybridized carbons (Fsp3) is 0.533. The summed E-state index contributed by atoms with van der Waals surface area (Å²) in [6, 6.07) is 10.4. The molecule has 0 fully saturated rings. The Morgan fingerprint density at radius 3 is 3.11 bits per heavy atom.